The molecule has 0 atom stereocenters. The molecule has 0 radical (unpaired) electrons. The van der Waals surface area contributed by atoms with Crippen LogP contribution in [0.15, 0.2) is 36.4 Å². The summed E-state index contributed by atoms with van der Waals surface area (Å²) in [4.78, 5) is 23.5. The fourth-order valence-corrected chi connectivity index (χ4v) is 4.01. The minimum absolute atomic E-state index is 0.0268. The van der Waals surface area contributed by atoms with Crippen molar-refractivity contribution in [1.29, 1.82) is 0 Å². The van der Waals surface area contributed by atoms with Gasteiger partial charge in [0.25, 0.3) is 0 Å². The van der Waals surface area contributed by atoms with E-state index in [0.717, 1.165) is 46.9 Å². The molecule has 2 amide bonds. The fourth-order valence-electron chi connectivity index (χ4n) is 4.01. The maximum Gasteiger partial charge on any atom is 0.224 e. The van der Waals surface area contributed by atoms with Gasteiger partial charge in [-0.3, -0.25) is 9.59 Å². The summed E-state index contributed by atoms with van der Waals surface area (Å²) < 4.78 is 17.6. The lowest BCUT2D eigenvalue weighted by Crippen LogP contribution is -2.28. The van der Waals surface area contributed by atoms with Gasteiger partial charge in [-0.1, -0.05) is 12.1 Å². The molecule has 32 heavy (non-hydrogen) atoms. The van der Waals surface area contributed by atoms with Crippen molar-refractivity contribution in [3.8, 4) is 17.2 Å². The molecule has 0 aromatic heterocycles. The number of para-hydroxylation sites is 1. The first-order valence-corrected chi connectivity index (χ1v) is 11.2. The number of rotatable bonds is 9. The Morgan fingerprint density at radius 1 is 1.12 bits per heavy atom. The SMILES string of the molecule is CC1(C)Cc2cccc(OCCNC(=O)CCCOc3ccc4c(c3)CCC(=O)N4)c2O1. The Morgan fingerprint density at radius 2 is 2.00 bits per heavy atom. The van der Waals surface area contributed by atoms with Crippen molar-refractivity contribution >= 4 is 17.5 Å². The van der Waals surface area contributed by atoms with Crippen molar-refractivity contribution in [1.82, 2.24) is 5.32 Å². The summed E-state index contributed by atoms with van der Waals surface area (Å²) in [7, 11) is 0. The fraction of sp³-hybridized carbons (Fsp3) is 0.440. The van der Waals surface area contributed by atoms with E-state index >= 15 is 0 Å². The number of nitrogens with one attached hydrogen (secondary N) is 2. The van der Waals surface area contributed by atoms with E-state index in [1.54, 1.807) is 0 Å². The highest BCUT2D eigenvalue weighted by molar-refractivity contribution is 5.94. The largest absolute Gasteiger partial charge is 0.494 e. The predicted molar refractivity (Wildman–Crippen MR) is 121 cm³/mol. The number of amides is 2. The number of hydrogen-bond donors (Lipinski definition) is 2. The minimum Gasteiger partial charge on any atom is -0.494 e. The Balaban J connectivity index is 1.12. The van der Waals surface area contributed by atoms with Crippen LogP contribution in [0.4, 0.5) is 5.69 Å². The molecular weight excluding hydrogens is 408 g/mol. The number of anilines is 1. The van der Waals surface area contributed by atoms with Crippen LogP contribution in [-0.4, -0.2) is 37.2 Å². The molecule has 170 valence electrons. The lowest BCUT2D eigenvalue weighted by Gasteiger charge is -2.18. The number of aryl methyl sites for hydroxylation is 1. The molecule has 2 aliphatic rings. The van der Waals surface area contributed by atoms with E-state index in [1.165, 1.54) is 0 Å². The molecule has 0 aliphatic carbocycles. The van der Waals surface area contributed by atoms with Gasteiger partial charge in [0.05, 0.1) is 13.2 Å². The molecule has 4 rings (SSSR count). The van der Waals surface area contributed by atoms with Gasteiger partial charge in [0, 0.05) is 30.5 Å². The van der Waals surface area contributed by atoms with Crippen LogP contribution in [0.2, 0.25) is 0 Å². The molecule has 7 nitrogen and oxygen atoms in total. The summed E-state index contributed by atoms with van der Waals surface area (Å²) in [5, 5.41) is 5.74. The Bertz CT molecular complexity index is 1000. The average molecular weight is 439 g/mol. The van der Waals surface area contributed by atoms with Gasteiger partial charge in [-0.05, 0) is 56.5 Å². The molecule has 2 heterocycles. The Morgan fingerprint density at radius 3 is 2.88 bits per heavy atom. The van der Waals surface area contributed by atoms with Gasteiger partial charge in [0.15, 0.2) is 11.5 Å². The van der Waals surface area contributed by atoms with Crippen LogP contribution in [0.1, 0.15) is 44.2 Å². The molecule has 0 fully saturated rings. The van der Waals surface area contributed by atoms with E-state index in [2.05, 4.69) is 30.5 Å². The molecule has 2 aliphatic heterocycles. The molecule has 2 N–H and O–H groups in total. The van der Waals surface area contributed by atoms with Crippen molar-refractivity contribution in [2.24, 2.45) is 0 Å². The van der Waals surface area contributed by atoms with E-state index in [0.29, 0.717) is 39.0 Å². The normalized spacial score (nSPS) is 15.8. The first-order valence-electron chi connectivity index (χ1n) is 11.2. The molecule has 7 heteroatoms. The van der Waals surface area contributed by atoms with Gasteiger partial charge in [0.1, 0.15) is 18.0 Å². The van der Waals surface area contributed by atoms with Crippen LogP contribution < -0.4 is 24.8 Å². The minimum atomic E-state index is -0.215. The molecule has 0 spiro atoms. The van der Waals surface area contributed by atoms with Gasteiger partial charge in [-0.15, -0.1) is 0 Å². The quantitative estimate of drug-likeness (QED) is 0.584. The topological polar surface area (TPSA) is 85.9 Å². The van der Waals surface area contributed by atoms with Crippen LogP contribution in [-0.2, 0) is 22.4 Å². The molecular formula is C25H30N2O5. The highest BCUT2D eigenvalue weighted by atomic mass is 16.5. The number of benzene rings is 2. The second-order valence-electron chi connectivity index (χ2n) is 8.80. The van der Waals surface area contributed by atoms with Gasteiger partial charge >= 0.3 is 0 Å². The first kappa shape index (κ1) is 22.0. The predicted octanol–water partition coefficient (Wildman–Crippen LogP) is 3.64. The van der Waals surface area contributed by atoms with Crippen LogP contribution in [0.3, 0.4) is 0 Å². The molecule has 0 bridgehead atoms. The summed E-state index contributed by atoms with van der Waals surface area (Å²) in [5.74, 6) is 2.31. The third kappa shape index (κ3) is 5.52. The van der Waals surface area contributed by atoms with Crippen molar-refractivity contribution < 1.29 is 23.8 Å². The number of carbonyl (C=O) groups excluding carboxylic acids is 2. The summed E-state index contributed by atoms with van der Waals surface area (Å²) in [5.41, 5.74) is 2.87. The number of ether oxygens (including phenoxy) is 3. The van der Waals surface area contributed by atoms with E-state index in [9.17, 15) is 9.59 Å². The zero-order valence-corrected chi connectivity index (χ0v) is 18.7. The smallest absolute Gasteiger partial charge is 0.224 e. The maximum absolute atomic E-state index is 12.1. The monoisotopic (exact) mass is 438 g/mol. The standard InChI is InChI=1S/C25H30N2O5/c1-25(2)16-18-5-3-6-21(24(18)32-25)31-14-12-26-22(28)7-4-13-30-19-9-10-20-17(15-19)8-11-23(29)27-20/h3,5-6,9-10,15H,4,7-8,11-14,16H2,1-2H3,(H,26,28)(H,27,29). The lowest BCUT2D eigenvalue weighted by molar-refractivity contribution is -0.121. The average Bonchev–Trinajstić information content (AvgIpc) is 3.09. The highest BCUT2D eigenvalue weighted by Crippen LogP contribution is 2.41. The highest BCUT2D eigenvalue weighted by Gasteiger charge is 2.32. The number of fused-ring (bicyclic) bond motifs is 2. The van der Waals surface area contributed by atoms with Crippen LogP contribution in [0.5, 0.6) is 17.2 Å². The number of hydrogen-bond acceptors (Lipinski definition) is 5. The zero-order chi connectivity index (χ0) is 22.6. The molecule has 0 unspecified atom stereocenters. The van der Waals surface area contributed by atoms with Gasteiger partial charge in [-0.25, -0.2) is 0 Å². The Hall–Kier alpha value is -3.22. The van der Waals surface area contributed by atoms with Crippen molar-refractivity contribution in [3.63, 3.8) is 0 Å². The van der Waals surface area contributed by atoms with Crippen LogP contribution >= 0.6 is 0 Å². The second kappa shape index (κ2) is 9.51. The summed E-state index contributed by atoms with van der Waals surface area (Å²) >= 11 is 0. The van der Waals surface area contributed by atoms with E-state index in [-0.39, 0.29) is 17.4 Å². The summed E-state index contributed by atoms with van der Waals surface area (Å²) in [6.45, 7) is 5.40. The van der Waals surface area contributed by atoms with E-state index < -0.39 is 0 Å². The van der Waals surface area contributed by atoms with Gasteiger partial charge in [0.2, 0.25) is 11.8 Å². The van der Waals surface area contributed by atoms with Crippen molar-refractivity contribution in [3.05, 3.63) is 47.5 Å². The summed E-state index contributed by atoms with van der Waals surface area (Å²) in [6, 6.07) is 11.6. The second-order valence-corrected chi connectivity index (χ2v) is 8.80. The van der Waals surface area contributed by atoms with Gasteiger partial charge in [-0.2, -0.15) is 0 Å². The van der Waals surface area contributed by atoms with Gasteiger partial charge < -0.3 is 24.8 Å². The van der Waals surface area contributed by atoms with E-state index in [1.807, 2.05) is 30.3 Å². The van der Waals surface area contributed by atoms with E-state index in [4.69, 9.17) is 14.2 Å². The van der Waals surface area contributed by atoms with Crippen LogP contribution in [0, 0.1) is 0 Å². The number of carbonyl (C=O) groups is 2. The molecule has 0 saturated carbocycles. The van der Waals surface area contributed by atoms with Crippen molar-refractivity contribution in [2.75, 3.05) is 25.1 Å². The molecule has 2 aromatic carbocycles. The maximum atomic E-state index is 12.1. The third-order valence-corrected chi connectivity index (χ3v) is 5.53. The lowest BCUT2D eigenvalue weighted by atomic mass is 10.0. The Kier molecular flexibility index (Phi) is 6.53. The molecule has 2 aromatic rings. The third-order valence-electron chi connectivity index (χ3n) is 5.53. The van der Waals surface area contributed by atoms with Crippen LogP contribution in [0.25, 0.3) is 0 Å². The molecule has 0 saturated heterocycles. The zero-order valence-electron chi connectivity index (χ0n) is 18.7. The first-order chi connectivity index (χ1) is 15.4. The Labute approximate surface area is 188 Å². The van der Waals surface area contributed by atoms with Crippen molar-refractivity contribution in [2.45, 2.75) is 51.6 Å². The summed E-state index contributed by atoms with van der Waals surface area (Å²) in [6.07, 6.45) is 3.09.